The van der Waals surface area contributed by atoms with E-state index < -0.39 is 11.7 Å². The van der Waals surface area contributed by atoms with Crippen LogP contribution in [0.2, 0.25) is 0 Å². The number of ether oxygens (including phenoxy) is 1. The summed E-state index contributed by atoms with van der Waals surface area (Å²) in [6.45, 7) is 8.28. The van der Waals surface area contributed by atoms with Gasteiger partial charge in [0.25, 0.3) is 0 Å². The second kappa shape index (κ2) is 8.99. The van der Waals surface area contributed by atoms with Crippen LogP contribution < -0.4 is 10.4 Å². The summed E-state index contributed by atoms with van der Waals surface area (Å²) in [4.78, 5) is 20.5. The molecule has 2 aromatic rings. The number of nitrogens with zero attached hydrogens (tertiary/aromatic N) is 4. The zero-order valence-corrected chi connectivity index (χ0v) is 16.1. The summed E-state index contributed by atoms with van der Waals surface area (Å²) in [5, 5.41) is 10.6. The Labute approximate surface area is 160 Å². The molecule has 7 heteroatoms. The smallest absolute Gasteiger partial charge is 0.426 e. The summed E-state index contributed by atoms with van der Waals surface area (Å²) in [6, 6.07) is 13.4. The zero-order valence-electron chi connectivity index (χ0n) is 16.1. The van der Waals surface area contributed by atoms with Crippen molar-refractivity contribution in [3.05, 3.63) is 54.0 Å². The monoisotopic (exact) mass is 367 g/mol. The standard InChI is InChI=1S/C20H25N5O2/c1-15(2)14-25(18-10-11-22-17(13-21)23-18)24-19(26)27-20(3,4)12-16-8-6-5-7-9-16/h5-11,15H,12,14H2,1-4H3,(H,24,26). The van der Waals surface area contributed by atoms with Crippen LogP contribution in [0.5, 0.6) is 0 Å². The molecule has 1 amide bonds. The number of aromatic nitrogens is 2. The van der Waals surface area contributed by atoms with Gasteiger partial charge in [0, 0.05) is 25.2 Å². The van der Waals surface area contributed by atoms with Gasteiger partial charge in [-0.3, -0.25) is 5.01 Å². The van der Waals surface area contributed by atoms with Crippen molar-refractivity contribution in [1.82, 2.24) is 15.4 Å². The average molecular weight is 367 g/mol. The van der Waals surface area contributed by atoms with Crippen LogP contribution in [0.4, 0.5) is 10.6 Å². The van der Waals surface area contributed by atoms with Gasteiger partial charge in [-0.05, 0) is 25.3 Å². The van der Waals surface area contributed by atoms with Gasteiger partial charge in [0.15, 0.2) is 5.82 Å². The average Bonchev–Trinajstić information content (AvgIpc) is 2.60. The van der Waals surface area contributed by atoms with Crippen LogP contribution in [0.3, 0.4) is 0 Å². The summed E-state index contributed by atoms with van der Waals surface area (Å²) >= 11 is 0. The first kappa shape index (κ1) is 20.2. The Balaban J connectivity index is 2.07. The fourth-order valence-corrected chi connectivity index (χ4v) is 2.62. The minimum Gasteiger partial charge on any atom is -0.442 e. The van der Waals surface area contributed by atoms with Crippen LogP contribution in [0.1, 0.15) is 39.1 Å². The largest absolute Gasteiger partial charge is 0.442 e. The Morgan fingerprint density at radius 1 is 1.30 bits per heavy atom. The summed E-state index contributed by atoms with van der Waals surface area (Å²) in [7, 11) is 0. The van der Waals surface area contributed by atoms with Crippen LogP contribution in [-0.2, 0) is 11.2 Å². The minimum absolute atomic E-state index is 0.0424. The van der Waals surface area contributed by atoms with E-state index in [1.165, 1.54) is 6.20 Å². The number of rotatable bonds is 7. The van der Waals surface area contributed by atoms with Crippen molar-refractivity contribution in [2.75, 3.05) is 11.6 Å². The predicted molar refractivity (Wildman–Crippen MR) is 103 cm³/mol. The van der Waals surface area contributed by atoms with Crippen molar-refractivity contribution >= 4 is 11.9 Å². The van der Waals surface area contributed by atoms with Gasteiger partial charge < -0.3 is 4.74 Å². The van der Waals surface area contributed by atoms with Crippen molar-refractivity contribution < 1.29 is 9.53 Å². The quantitative estimate of drug-likeness (QED) is 0.754. The second-order valence-electron chi connectivity index (χ2n) is 7.28. The van der Waals surface area contributed by atoms with Crippen LogP contribution >= 0.6 is 0 Å². The molecule has 0 bridgehead atoms. The molecule has 0 aliphatic carbocycles. The van der Waals surface area contributed by atoms with Crippen LogP contribution in [0.15, 0.2) is 42.6 Å². The lowest BCUT2D eigenvalue weighted by molar-refractivity contribution is 0.0386. The molecule has 0 radical (unpaired) electrons. The number of hydrogen-bond acceptors (Lipinski definition) is 6. The summed E-state index contributed by atoms with van der Waals surface area (Å²) in [5.74, 6) is 0.733. The molecule has 27 heavy (non-hydrogen) atoms. The number of hydrazine groups is 1. The number of carbonyl (C=O) groups is 1. The maximum Gasteiger partial charge on any atom is 0.426 e. The van der Waals surface area contributed by atoms with Crippen molar-refractivity contribution in [2.24, 2.45) is 5.92 Å². The lowest BCUT2D eigenvalue weighted by Crippen LogP contribution is -2.47. The molecule has 0 aliphatic heterocycles. The van der Waals surface area contributed by atoms with Gasteiger partial charge in [0.2, 0.25) is 5.82 Å². The number of benzene rings is 1. The Morgan fingerprint density at radius 2 is 2.00 bits per heavy atom. The lowest BCUT2D eigenvalue weighted by atomic mass is 9.98. The van der Waals surface area contributed by atoms with E-state index in [0.717, 1.165) is 5.56 Å². The van der Waals surface area contributed by atoms with Crippen molar-refractivity contribution in [3.8, 4) is 6.07 Å². The van der Waals surface area contributed by atoms with Gasteiger partial charge in [-0.2, -0.15) is 10.2 Å². The fraction of sp³-hybridized carbons (Fsp3) is 0.400. The van der Waals surface area contributed by atoms with Gasteiger partial charge in [0.05, 0.1) is 0 Å². The first-order valence-electron chi connectivity index (χ1n) is 8.83. The van der Waals surface area contributed by atoms with E-state index in [4.69, 9.17) is 10.00 Å². The van der Waals surface area contributed by atoms with Crippen molar-refractivity contribution in [3.63, 3.8) is 0 Å². The topological polar surface area (TPSA) is 91.1 Å². The van der Waals surface area contributed by atoms with Crippen molar-refractivity contribution in [2.45, 2.75) is 39.7 Å². The molecule has 0 unspecified atom stereocenters. The number of carbonyl (C=O) groups excluding carboxylic acids is 1. The van der Waals surface area contributed by atoms with E-state index in [1.54, 1.807) is 11.1 Å². The molecule has 142 valence electrons. The first-order valence-corrected chi connectivity index (χ1v) is 8.83. The van der Waals surface area contributed by atoms with Crippen LogP contribution in [0.25, 0.3) is 0 Å². The molecule has 1 heterocycles. The van der Waals surface area contributed by atoms with Crippen LogP contribution in [-0.4, -0.2) is 28.2 Å². The van der Waals surface area contributed by atoms with E-state index in [1.807, 2.05) is 64.1 Å². The molecule has 1 aromatic carbocycles. The predicted octanol–water partition coefficient (Wildman–Crippen LogP) is 3.47. The van der Waals surface area contributed by atoms with E-state index in [9.17, 15) is 4.79 Å². The molecule has 0 fully saturated rings. The number of anilines is 1. The molecule has 0 saturated carbocycles. The zero-order chi connectivity index (χ0) is 19.9. The summed E-state index contributed by atoms with van der Waals surface area (Å²) in [6.07, 6.45) is 1.51. The summed E-state index contributed by atoms with van der Waals surface area (Å²) < 4.78 is 5.63. The molecule has 7 nitrogen and oxygen atoms in total. The first-order chi connectivity index (χ1) is 12.8. The molecule has 0 atom stereocenters. The maximum absolute atomic E-state index is 12.5. The van der Waals surface area contributed by atoms with Gasteiger partial charge in [-0.1, -0.05) is 44.2 Å². The molecule has 0 aliphatic rings. The van der Waals surface area contributed by atoms with Crippen LogP contribution in [0, 0.1) is 17.2 Å². The highest BCUT2D eigenvalue weighted by Gasteiger charge is 2.25. The van der Waals surface area contributed by atoms with E-state index in [-0.39, 0.29) is 11.7 Å². The molecule has 1 N–H and O–H groups in total. The molecule has 1 aromatic heterocycles. The Hall–Kier alpha value is -3.14. The number of nitriles is 1. The maximum atomic E-state index is 12.5. The summed E-state index contributed by atoms with van der Waals surface area (Å²) in [5.41, 5.74) is 3.14. The van der Waals surface area contributed by atoms with E-state index >= 15 is 0 Å². The van der Waals surface area contributed by atoms with Gasteiger partial charge in [0.1, 0.15) is 11.7 Å². The highest BCUT2D eigenvalue weighted by atomic mass is 16.6. The van der Waals surface area contributed by atoms with Gasteiger partial charge in [-0.25, -0.2) is 15.2 Å². The second-order valence-corrected chi connectivity index (χ2v) is 7.28. The van der Waals surface area contributed by atoms with E-state index in [0.29, 0.717) is 18.8 Å². The normalized spacial score (nSPS) is 11.0. The fourth-order valence-electron chi connectivity index (χ4n) is 2.62. The third-order valence-corrected chi connectivity index (χ3v) is 3.63. The molecular formula is C20H25N5O2. The highest BCUT2D eigenvalue weighted by Crippen LogP contribution is 2.18. The molecular weight excluding hydrogens is 342 g/mol. The lowest BCUT2D eigenvalue weighted by Gasteiger charge is -2.29. The third-order valence-electron chi connectivity index (χ3n) is 3.63. The Kier molecular flexibility index (Phi) is 6.72. The van der Waals surface area contributed by atoms with E-state index in [2.05, 4.69) is 15.4 Å². The van der Waals surface area contributed by atoms with Crippen molar-refractivity contribution in [1.29, 1.82) is 5.26 Å². The third kappa shape index (κ3) is 6.59. The Bertz CT molecular complexity index is 800. The molecule has 2 rings (SSSR count). The number of hydrogen-bond donors (Lipinski definition) is 1. The highest BCUT2D eigenvalue weighted by molar-refractivity contribution is 5.70. The molecule has 0 saturated heterocycles. The number of amides is 1. The minimum atomic E-state index is -0.682. The Morgan fingerprint density at radius 3 is 2.63 bits per heavy atom. The number of nitrogens with one attached hydrogen (secondary N) is 1. The SMILES string of the molecule is CC(C)CN(NC(=O)OC(C)(C)Cc1ccccc1)c1ccnc(C#N)n1. The van der Waals surface area contributed by atoms with Gasteiger partial charge >= 0.3 is 6.09 Å². The van der Waals surface area contributed by atoms with Gasteiger partial charge in [-0.15, -0.1) is 0 Å². The molecule has 0 spiro atoms.